The van der Waals surface area contributed by atoms with Crippen molar-refractivity contribution >= 4 is 22.8 Å². The van der Waals surface area contributed by atoms with E-state index in [2.05, 4.69) is 38.8 Å². The van der Waals surface area contributed by atoms with E-state index >= 15 is 0 Å². The zero-order chi connectivity index (χ0) is 22.3. The van der Waals surface area contributed by atoms with Crippen LogP contribution in [0.2, 0.25) is 0 Å². The van der Waals surface area contributed by atoms with E-state index in [1.54, 1.807) is 7.11 Å². The van der Waals surface area contributed by atoms with Gasteiger partial charge in [-0.15, -0.1) is 0 Å². The summed E-state index contributed by atoms with van der Waals surface area (Å²) in [5.41, 5.74) is 3.46. The number of nitrogens with zero attached hydrogens (tertiary/aromatic N) is 1. The molecule has 1 fully saturated rings. The van der Waals surface area contributed by atoms with E-state index in [9.17, 15) is 9.59 Å². The van der Waals surface area contributed by atoms with Crippen LogP contribution in [0.3, 0.4) is 0 Å². The van der Waals surface area contributed by atoms with Gasteiger partial charge in [-0.1, -0.05) is 30.3 Å². The summed E-state index contributed by atoms with van der Waals surface area (Å²) < 4.78 is 5.38. The largest absolute Gasteiger partial charge is 0.497 e. The van der Waals surface area contributed by atoms with Gasteiger partial charge in [0.1, 0.15) is 5.75 Å². The molecule has 0 unspecified atom stereocenters. The van der Waals surface area contributed by atoms with Crippen LogP contribution < -0.4 is 15.4 Å². The van der Waals surface area contributed by atoms with E-state index < -0.39 is 6.03 Å². The Morgan fingerprint density at radius 2 is 1.91 bits per heavy atom. The number of methoxy groups -OCH3 is 1. The smallest absolute Gasteiger partial charge is 0.321 e. The number of benzene rings is 2. The highest BCUT2D eigenvalue weighted by molar-refractivity contribution is 5.94. The first-order valence-corrected chi connectivity index (χ1v) is 11.1. The highest BCUT2D eigenvalue weighted by Gasteiger charge is 2.23. The molecule has 2 aromatic carbocycles. The van der Waals surface area contributed by atoms with Crippen LogP contribution in [0.4, 0.5) is 4.79 Å². The van der Waals surface area contributed by atoms with E-state index in [0.29, 0.717) is 25.4 Å². The SMILES string of the molecule is COc1ccc2[nH]cc(C3CCN(CCC(=O)NC(=O)NCc4ccccc4)CC3)c2c1. The van der Waals surface area contributed by atoms with Crippen LogP contribution in [0.5, 0.6) is 5.75 Å². The molecular formula is C25H30N4O3. The standard InChI is InChI=1S/C25H30N4O3/c1-32-20-7-8-23-21(15-20)22(17-26-23)19-9-12-29(13-10-19)14-11-24(30)28-25(31)27-16-18-5-3-2-4-6-18/h2-8,15,17,19,26H,9-14,16H2,1H3,(H2,27,28,30,31). The molecule has 1 saturated heterocycles. The Morgan fingerprint density at radius 1 is 1.12 bits per heavy atom. The van der Waals surface area contributed by atoms with Gasteiger partial charge in [-0.05, 0) is 61.2 Å². The molecule has 7 heteroatoms. The van der Waals surface area contributed by atoms with Crippen LogP contribution in [0.1, 0.15) is 36.3 Å². The third-order valence-corrected chi connectivity index (χ3v) is 6.15. The number of carbonyl (C=O) groups excluding carboxylic acids is 2. The van der Waals surface area contributed by atoms with Crippen molar-refractivity contribution in [3.8, 4) is 5.75 Å². The van der Waals surface area contributed by atoms with Crippen molar-refractivity contribution in [1.82, 2.24) is 20.5 Å². The van der Waals surface area contributed by atoms with Gasteiger partial charge in [-0.25, -0.2) is 4.79 Å². The van der Waals surface area contributed by atoms with Crippen molar-refractivity contribution in [3.05, 3.63) is 65.9 Å². The van der Waals surface area contributed by atoms with E-state index in [0.717, 1.165) is 42.8 Å². The molecule has 1 aliphatic heterocycles. The number of urea groups is 1. The van der Waals surface area contributed by atoms with Crippen molar-refractivity contribution in [2.24, 2.45) is 0 Å². The number of likely N-dealkylation sites (tertiary alicyclic amines) is 1. The number of rotatable bonds is 7. The molecule has 0 radical (unpaired) electrons. The minimum Gasteiger partial charge on any atom is -0.497 e. The average Bonchev–Trinajstić information content (AvgIpc) is 3.25. The molecular weight excluding hydrogens is 404 g/mol. The molecule has 1 aliphatic rings. The molecule has 168 valence electrons. The predicted molar refractivity (Wildman–Crippen MR) is 125 cm³/mol. The first-order valence-electron chi connectivity index (χ1n) is 11.1. The minimum absolute atomic E-state index is 0.249. The molecule has 0 aliphatic carbocycles. The first kappa shape index (κ1) is 21.9. The maximum absolute atomic E-state index is 12.2. The molecule has 3 amide bonds. The van der Waals surface area contributed by atoms with Crippen molar-refractivity contribution in [2.75, 3.05) is 26.7 Å². The Hall–Kier alpha value is -3.32. The van der Waals surface area contributed by atoms with Gasteiger partial charge in [-0.3, -0.25) is 10.1 Å². The molecule has 32 heavy (non-hydrogen) atoms. The van der Waals surface area contributed by atoms with Crippen LogP contribution in [0, 0.1) is 0 Å². The summed E-state index contributed by atoms with van der Waals surface area (Å²) >= 11 is 0. The number of imide groups is 1. The van der Waals surface area contributed by atoms with Gasteiger partial charge in [0.15, 0.2) is 0 Å². The van der Waals surface area contributed by atoms with Crippen LogP contribution in [-0.4, -0.2) is 48.6 Å². The fourth-order valence-corrected chi connectivity index (χ4v) is 4.32. The number of nitrogens with one attached hydrogen (secondary N) is 3. The number of hydrogen-bond donors (Lipinski definition) is 3. The second-order valence-corrected chi connectivity index (χ2v) is 8.24. The third kappa shape index (κ3) is 5.48. The topological polar surface area (TPSA) is 86.5 Å². The van der Waals surface area contributed by atoms with Crippen molar-refractivity contribution in [2.45, 2.75) is 31.7 Å². The molecule has 0 saturated carbocycles. The molecule has 0 atom stereocenters. The number of amides is 3. The zero-order valence-electron chi connectivity index (χ0n) is 18.4. The summed E-state index contributed by atoms with van der Waals surface area (Å²) in [7, 11) is 1.69. The lowest BCUT2D eigenvalue weighted by Gasteiger charge is -2.31. The second-order valence-electron chi connectivity index (χ2n) is 8.24. The molecule has 7 nitrogen and oxygen atoms in total. The summed E-state index contributed by atoms with van der Waals surface area (Å²) in [6.45, 7) is 2.93. The van der Waals surface area contributed by atoms with Crippen molar-refractivity contribution < 1.29 is 14.3 Å². The van der Waals surface area contributed by atoms with Crippen LogP contribution in [0.25, 0.3) is 10.9 Å². The number of piperidine rings is 1. The summed E-state index contributed by atoms with van der Waals surface area (Å²) in [5, 5.41) is 6.36. The summed E-state index contributed by atoms with van der Waals surface area (Å²) in [5.74, 6) is 1.11. The Balaban J connectivity index is 1.20. The van der Waals surface area contributed by atoms with Gasteiger partial charge in [-0.2, -0.15) is 0 Å². The lowest BCUT2D eigenvalue weighted by atomic mass is 9.89. The lowest BCUT2D eigenvalue weighted by Crippen LogP contribution is -2.41. The monoisotopic (exact) mass is 434 g/mol. The van der Waals surface area contributed by atoms with Crippen molar-refractivity contribution in [3.63, 3.8) is 0 Å². The fraction of sp³-hybridized carbons (Fsp3) is 0.360. The Morgan fingerprint density at radius 3 is 2.66 bits per heavy atom. The molecule has 0 spiro atoms. The van der Waals surface area contributed by atoms with Gasteiger partial charge in [0.25, 0.3) is 0 Å². The molecule has 4 rings (SSSR count). The third-order valence-electron chi connectivity index (χ3n) is 6.15. The molecule has 3 aromatic rings. The van der Waals surface area contributed by atoms with Crippen LogP contribution in [-0.2, 0) is 11.3 Å². The summed E-state index contributed by atoms with van der Waals surface area (Å²) in [6.07, 6.45) is 4.52. The molecule has 1 aromatic heterocycles. The minimum atomic E-state index is -0.452. The van der Waals surface area contributed by atoms with Gasteiger partial charge >= 0.3 is 6.03 Å². The summed E-state index contributed by atoms with van der Waals surface area (Å²) in [6, 6.07) is 15.3. The number of aromatic nitrogens is 1. The van der Waals surface area contributed by atoms with E-state index in [1.807, 2.05) is 36.4 Å². The molecule has 2 heterocycles. The average molecular weight is 435 g/mol. The number of H-pyrrole nitrogens is 1. The highest BCUT2D eigenvalue weighted by Crippen LogP contribution is 2.34. The lowest BCUT2D eigenvalue weighted by molar-refractivity contribution is -0.120. The highest BCUT2D eigenvalue weighted by atomic mass is 16.5. The predicted octanol–water partition coefficient (Wildman–Crippen LogP) is 3.77. The zero-order valence-corrected chi connectivity index (χ0v) is 18.4. The van der Waals surface area contributed by atoms with Crippen LogP contribution >= 0.6 is 0 Å². The number of aromatic amines is 1. The van der Waals surface area contributed by atoms with Crippen LogP contribution in [0.15, 0.2) is 54.7 Å². The van der Waals surface area contributed by atoms with Gasteiger partial charge in [0.2, 0.25) is 5.91 Å². The van der Waals surface area contributed by atoms with Crippen molar-refractivity contribution in [1.29, 1.82) is 0 Å². The quantitative estimate of drug-likeness (QED) is 0.528. The van der Waals surface area contributed by atoms with Gasteiger partial charge < -0.3 is 19.9 Å². The first-order chi connectivity index (χ1) is 15.6. The van der Waals surface area contributed by atoms with E-state index in [4.69, 9.17) is 4.74 Å². The Kier molecular flexibility index (Phi) is 7.07. The maximum atomic E-state index is 12.2. The summed E-state index contributed by atoms with van der Waals surface area (Å²) in [4.78, 5) is 29.8. The van der Waals surface area contributed by atoms with Gasteiger partial charge in [0.05, 0.1) is 7.11 Å². The number of fused-ring (bicyclic) bond motifs is 1. The van der Waals surface area contributed by atoms with E-state index in [1.165, 1.54) is 10.9 Å². The van der Waals surface area contributed by atoms with E-state index in [-0.39, 0.29) is 5.91 Å². The number of carbonyl (C=O) groups is 2. The number of ether oxygens (including phenoxy) is 1. The Labute approximate surface area is 188 Å². The Bertz CT molecular complexity index is 1060. The van der Waals surface area contributed by atoms with Gasteiger partial charge in [0, 0.05) is 36.6 Å². The number of hydrogen-bond acceptors (Lipinski definition) is 4. The second kappa shape index (κ2) is 10.3. The normalized spacial score (nSPS) is 14.9. The maximum Gasteiger partial charge on any atom is 0.321 e. The molecule has 0 bridgehead atoms. The molecule has 3 N–H and O–H groups in total. The fourth-order valence-electron chi connectivity index (χ4n) is 4.32.